The van der Waals surface area contributed by atoms with Crippen molar-refractivity contribution in [1.82, 2.24) is 4.98 Å². The van der Waals surface area contributed by atoms with Crippen LogP contribution in [0.4, 0.5) is 10.8 Å². The zero-order valence-corrected chi connectivity index (χ0v) is 17.2. The predicted molar refractivity (Wildman–Crippen MR) is 119 cm³/mol. The molecule has 2 aromatic carbocycles. The van der Waals surface area contributed by atoms with Gasteiger partial charge in [-0.15, -0.1) is 11.3 Å². The second-order valence-electron chi connectivity index (χ2n) is 6.43. The third-order valence-corrected chi connectivity index (χ3v) is 5.06. The average molecular weight is 435 g/mol. The normalized spacial score (nSPS) is 11.1. The molecule has 0 unspecified atom stereocenters. The summed E-state index contributed by atoms with van der Waals surface area (Å²) in [4.78, 5) is 27.0. The number of hydrogen-bond acceptors (Lipinski definition) is 7. The molecule has 0 radical (unpaired) electrons. The quantitative estimate of drug-likeness (QED) is 0.233. The van der Waals surface area contributed by atoms with E-state index in [0.717, 1.165) is 5.39 Å². The van der Waals surface area contributed by atoms with Crippen LogP contribution >= 0.6 is 11.3 Å². The number of carbonyl (C=O) groups is 1. The highest BCUT2D eigenvalue weighted by molar-refractivity contribution is 7.14. The number of aromatic nitrogens is 1. The molecule has 0 spiro atoms. The Balaban J connectivity index is 1.47. The van der Waals surface area contributed by atoms with Crippen molar-refractivity contribution in [3.05, 3.63) is 75.7 Å². The van der Waals surface area contributed by atoms with E-state index in [0.29, 0.717) is 40.1 Å². The molecule has 2 aromatic heterocycles. The van der Waals surface area contributed by atoms with E-state index < -0.39 is 10.8 Å². The Morgan fingerprint density at radius 1 is 1.29 bits per heavy atom. The number of nitrogens with one attached hydrogen (secondary N) is 1. The van der Waals surface area contributed by atoms with E-state index in [1.807, 2.05) is 31.2 Å². The molecule has 9 heteroatoms. The maximum Gasteiger partial charge on any atom is 0.270 e. The van der Waals surface area contributed by atoms with Crippen molar-refractivity contribution in [2.45, 2.75) is 6.92 Å². The van der Waals surface area contributed by atoms with Crippen molar-refractivity contribution >= 4 is 45.1 Å². The summed E-state index contributed by atoms with van der Waals surface area (Å²) >= 11 is 1.27. The molecule has 0 fully saturated rings. The summed E-state index contributed by atoms with van der Waals surface area (Å²) in [6.45, 7) is 2.44. The highest BCUT2D eigenvalue weighted by Crippen LogP contribution is 2.34. The topological polar surface area (TPSA) is 108 Å². The van der Waals surface area contributed by atoms with Crippen LogP contribution in [0.5, 0.6) is 5.75 Å². The van der Waals surface area contributed by atoms with Gasteiger partial charge < -0.3 is 9.15 Å². The molecule has 31 heavy (non-hydrogen) atoms. The van der Waals surface area contributed by atoms with Gasteiger partial charge in [0, 0.05) is 29.0 Å². The van der Waals surface area contributed by atoms with Crippen LogP contribution in [0.2, 0.25) is 0 Å². The standard InChI is InChI=1S/C22H17N3O5S/c1-2-29-18-8-4-6-15-12-19(30-21(15)18)17-13-31-22(23-17)24-20(26)10-9-14-5-3-7-16(11-14)25(27)28/h3-13H,2H2,1H3,(H,23,24,26)/b10-9+. The van der Waals surface area contributed by atoms with Crippen LogP contribution in [0.25, 0.3) is 28.5 Å². The van der Waals surface area contributed by atoms with Crippen molar-refractivity contribution in [3.8, 4) is 17.2 Å². The first kappa shape index (κ1) is 20.3. The second kappa shape index (κ2) is 8.80. The summed E-state index contributed by atoms with van der Waals surface area (Å²) in [6, 6.07) is 13.6. The Morgan fingerprint density at radius 2 is 2.13 bits per heavy atom. The van der Waals surface area contributed by atoms with Gasteiger partial charge in [0.15, 0.2) is 22.2 Å². The fourth-order valence-electron chi connectivity index (χ4n) is 2.94. The third kappa shape index (κ3) is 4.62. The molecular weight excluding hydrogens is 418 g/mol. The number of benzene rings is 2. The zero-order valence-electron chi connectivity index (χ0n) is 16.4. The molecule has 2 heterocycles. The maximum atomic E-state index is 12.2. The number of hydrogen-bond donors (Lipinski definition) is 1. The summed E-state index contributed by atoms with van der Waals surface area (Å²) in [5, 5.41) is 16.6. The molecule has 156 valence electrons. The molecule has 1 amide bonds. The van der Waals surface area contributed by atoms with Crippen LogP contribution in [0.3, 0.4) is 0 Å². The first-order valence-corrected chi connectivity index (χ1v) is 10.3. The van der Waals surface area contributed by atoms with Crippen molar-refractivity contribution in [3.63, 3.8) is 0 Å². The minimum atomic E-state index is -0.482. The molecule has 0 aliphatic rings. The SMILES string of the molecule is CCOc1cccc2cc(-c3csc(NC(=O)/C=C/c4cccc([N+](=O)[O-])c4)n3)oc12. The fourth-order valence-corrected chi connectivity index (χ4v) is 3.64. The minimum absolute atomic E-state index is 0.0366. The highest BCUT2D eigenvalue weighted by Gasteiger charge is 2.14. The number of para-hydroxylation sites is 1. The Labute approximate surface area is 180 Å². The van der Waals surface area contributed by atoms with E-state index in [1.165, 1.54) is 35.6 Å². The lowest BCUT2D eigenvalue weighted by Crippen LogP contribution is -2.07. The summed E-state index contributed by atoms with van der Waals surface area (Å²) in [5.41, 5.74) is 1.77. The van der Waals surface area contributed by atoms with Crippen molar-refractivity contribution in [2.75, 3.05) is 11.9 Å². The molecular formula is C22H17N3O5S. The van der Waals surface area contributed by atoms with E-state index in [-0.39, 0.29) is 5.69 Å². The molecule has 1 N–H and O–H groups in total. The number of nitro benzene ring substituents is 1. The number of fused-ring (bicyclic) bond motifs is 1. The van der Waals surface area contributed by atoms with Gasteiger partial charge in [-0.1, -0.05) is 24.3 Å². The fraction of sp³-hybridized carbons (Fsp3) is 0.0909. The number of nitro groups is 1. The van der Waals surface area contributed by atoms with Gasteiger partial charge >= 0.3 is 0 Å². The van der Waals surface area contributed by atoms with Gasteiger partial charge in [0.1, 0.15) is 5.69 Å². The predicted octanol–water partition coefficient (Wildman–Crippen LogP) is 5.52. The Hall–Kier alpha value is -3.98. The van der Waals surface area contributed by atoms with Crippen LogP contribution in [-0.4, -0.2) is 22.4 Å². The largest absolute Gasteiger partial charge is 0.490 e. The monoisotopic (exact) mass is 435 g/mol. The molecule has 4 aromatic rings. The molecule has 0 saturated carbocycles. The van der Waals surface area contributed by atoms with Crippen LogP contribution in [0.1, 0.15) is 12.5 Å². The minimum Gasteiger partial charge on any atom is -0.490 e. The van der Waals surface area contributed by atoms with Crippen molar-refractivity contribution in [1.29, 1.82) is 0 Å². The van der Waals surface area contributed by atoms with Gasteiger partial charge in [0.05, 0.1) is 11.5 Å². The van der Waals surface area contributed by atoms with Crippen LogP contribution in [-0.2, 0) is 4.79 Å². The van der Waals surface area contributed by atoms with Crippen LogP contribution < -0.4 is 10.1 Å². The van der Waals surface area contributed by atoms with E-state index >= 15 is 0 Å². The van der Waals surface area contributed by atoms with Gasteiger partial charge in [-0.05, 0) is 30.7 Å². The molecule has 0 saturated heterocycles. The van der Waals surface area contributed by atoms with Gasteiger partial charge in [0.2, 0.25) is 5.91 Å². The molecule has 4 rings (SSSR count). The zero-order chi connectivity index (χ0) is 21.8. The number of furan rings is 1. The van der Waals surface area contributed by atoms with E-state index in [1.54, 1.807) is 17.5 Å². The van der Waals surface area contributed by atoms with E-state index in [4.69, 9.17) is 9.15 Å². The van der Waals surface area contributed by atoms with Crippen LogP contribution in [0, 0.1) is 10.1 Å². The maximum absolute atomic E-state index is 12.2. The smallest absolute Gasteiger partial charge is 0.270 e. The molecule has 0 atom stereocenters. The molecule has 0 bridgehead atoms. The van der Waals surface area contributed by atoms with E-state index in [2.05, 4.69) is 10.3 Å². The molecule has 0 aliphatic carbocycles. The summed E-state index contributed by atoms with van der Waals surface area (Å²) in [6.07, 6.45) is 2.81. The van der Waals surface area contributed by atoms with E-state index in [9.17, 15) is 14.9 Å². The first-order chi connectivity index (χ1) is 15.0. The second-order valence-corrected chi connectivity index (χ2v) is 7.29. The van der Waals surface area contributed by atoms with Gasteiger partial charge in [-0.2, -0.15) is 0 Å². The van der Waals surface area contributed by atoms with Gasteiger partial charge in [-0.3, -0.25) is 20.2 Å². The Bertz CT molecular complexity index is 1290. The van der Waals surface area contributed by atoms with Crippen molar-refractivity contribution in [2.24, 2.45) is 0 Å². The number of amides is 1. The van der Waals surface area contributed by atoms with Crippen molar-refractivity contribution < 1.29 is 18.9 Å². The number of rotatable bonds is 7. The summed E-state index contributed by atoms with van der Waals surface area (Å²) in [5.74, 6) is 0.850. The first-order valence-electron chi connectivity index (χ1n) is 9.38. The Morgan fingerprint density at radius 3 is 2.94 bits per heavy atom. The van der Waals surface area contributed by atoms with Gasteiger partial charge in [-0.25, -0.2) is 4.98 Å². The lowest BCUT2D eigenvalue weighted by molar-refractivity contribution is -0.384. The lowest BCUT2D eigenvalue weighted by Gasteiger charge is -2.02. The number of ether oxygens (including phenoxy) is 1. The number of non-ortho nitro benzene ring substituents is 1. The lowest BCUT2D eigenvalue weighted by atomic mass is 10.2. The number of nitrogens with zero attached hydrogens (tertiary/aromatic N) is 2. The van der Waals surface area contributed by atoms with Gasteiger partial charge in [0.25, 0.3) is 5.69 Å². The summed E-state index contributed by atoms with van der Waals surface area (Å²) in [7, 11) is 0. The summed E-state index contributed by atoms with van der Waals surface area (Å²) < 4.78 is 11.5. The number of anilines is 1. The Kier molecular flexibility index (Phi) is 5.76. The highest BCUT2D eigenvalue weighted by atomic mass is 32.1. The molecule has 8 nitrogen and oxygen atoms in total. The number of thiazole rings is 1. The molecule has 0 aliphatic heterocycles. The average Bonchev–Trinajstić information content (AvgIpc) is 3.40. The van der Waals surface area contributed by atoms with Crippen LogP contribution in [0.15, 0.2) is 64.4 Å². The number of carbonyl (C=O) groups excluding carboxylic acids is 1. The third-order valence-electron chi connectivity index (χ3n) is 4.30.